The van der Waals surface area contributed by atoms with Gasteiger partial charge in [0.25, 0.3) is 5.56 Å². The third-order valence-electron chi connectivity index (χ3n) is 0.915. The number of H-pyrrole nitrogens is 1. The van der Waals surface area contributed by atoms with E-state index in [-0.39, 0.29) is 5.56 Å². The van der Waals surface area contributed by atoms with Gasteiger partial charge in [-0.3, -0.25) is 9.78 Å². The van der Waals surface area contributed by atoms with E-state index in [1.54, 1.807) is 6.92 Å². The van der Waals surface area contributed by atoms with Crippen LogP contribution in [0.5, 0.6) is 0 Å². The van der Waals surface area contributed by atoms with E-state index in [9.17, 15) is 4.79 Å². The van der Waals surface area contributed by atoms with E-state index in [1.807, 2.05) is 0 Å². The van der Waals surface area contributed by atoms with Crippen molar-refractivity contribution in [3.05, 3.63) is 28.4 Å². The second kappa shape index (κ2) is 2.83. The van der Waals surface area contributed by atoms with Gasteiger partial charge in [0, 0.05) is 12.3 Å². The molecule has 0 aromatic carbocycles. The van der Waals surface area contributed by atoms with Gasteiger partial charge >= 0.3 is 0 Å². The molecule has 0 atom stereocenters. The molecule has 1 aromatic heterocycles. The maximum absolute atomic E-state index is 10.6. The number of hydrogen-bond donors (Lipinski definition) is 1. The lowest BCUT2D eigenvalue weighted by Crippen LogP contribution is -2.06. The molecule has 0 aliphatic heterocycles. The largest absolute Gasteiger partial charge is 0.300 e. The number of nitrogens with one attached hydrogen (secondary N) is 1. The first-order valence-electron chi connectivity index (χ1n) is 2.81. The van der Waals surface area contributed by atoms with Crippen LogP contribution < -0.4 is 5.56 Å². The number of rotatable bonds is 0. The highest BCUT2D eigenvalue weighted by Crippen LogP contribution is 1.76. The summed E-state index contributed by atoms with van der Waals surface area (Å²) in [5, 5.41) is 0. The molecule has 1 N–H and O–H groups in total. The molecule has 0 spiro atoms. The lowest BCUT2D eigenvalue weighted by atomic mass is 10.5. The van der Waals surface area contributed by atoms with Crippen LogP contribution in [-0.2, 0) is 0 Å². The van der Waals surface area contributed by atoms with Crippen molar-refractivity contribution in [3.8, 4) is 11.8 Å². The monoisotopic (exact) mass is 134 g/mol. The van der Waals surface area contributed by atoms with E-state index in [4.69, 9.17) is 0 Å². The van der Waals surface area contributed by atoms with Gasteiger partial charge in [-0.2, -0.15) is 0 Å². The van der Waals surface area contributed by atoms with Crippen molar-refractivity contribution in [3.63, 3.8) is 0 Å². The van der Waals surface area contributed by atoms with Crippen molar-refractivity contribution in [2.45, 2.75) is 6.92 Å². The lowest BCUT2D eigenvalue weighted by molar-refractivity contribution is 1.08. The first kappa shape index (κ1) is 6.56. The number of hydrogen-bond acceptors (Lipinski definition) is 2. The summed E-state index contributed by atoms with van der Waals surface area (Å²) < 4.78 is 0. The Morgan fingerprint density at radius 1 is 1.70 bits per heavy atom. The average molecular weight is 134 g/mol. The Labute approximate surface area is 58.1 Å². The zero-order valence-corrected chi connectivity index (χ0v) is 5.51. The molecule has 1 heterocycles. The quantitative estimate of drug-likeness (QED) is 0.513. The van der Waals surface area contributed by atoms with E-state index in [0.29, 0.717) is 5.82 Å². The van der Waals surface area contributed by atoms with Gasteiger partial charge in [0.05, 0.1) is 0 Å². The Hall–Kier alpha value is -1.56. The van der Waals surface area contributed by atoms with Crippen LogP contribution in [0.3, 0.4) is 0 Å². The van der Waals surface area contributed by atoms with Crippen molar-refractivity contribution < 1.29 is 0 Å². The van der Waals surface area contributed by atoms with Crippen LogP contribution in [0.4, 0.5) is 0 Å². The van der Waals surface area contributed by atoms with Gasteiger partial charge < -0.3 is 0 Å². The van der Waals surface area contributed by atoms with Crippen LogP contribution >= 0.6 is 0 Å². The van der Waals surface area contributed by atoms with E-state index >= 15 is 0 Å². The standard InChI is InChI=1S/C7H6N2O/c1-2-3-6-8-5-4-7(10)9-6/h4-5H,1H3,(H,8,9,10). The molecule has 0 saturated carbocycles. The molecule has 1 rings (SSSR count). The number of aromatic nitrogens is 2. The third kappa shape index (κ3) is 1.46. The van der Waals surface area contributed by atoms with E-state index in [2.05, 4.69) is 21.8 Å². The van der Waals surface area contributed by atoms with Gasteiger partial charge in [-0.25, -0.2) is 4.98 Å². The van der Waals surface area contributed by atoms with Crippen molar-refractivity contribution >= 4 is 0 Å². The van der Waals surface area contributed by atoms with Crippen molar-refractivity contribution in [2.75, 3.05) is 0 Å². The number of nitrogens with zero attached hydrogens (tertiary/aromatic N) is 1. The van der Waals surface area contributed by atoms with Gasteiger partial charge in [0.2, 0.25) is 0 Å². The highest BCUT2D eigenvalue weighted by molar-refractivity contribution is 5.17. The third-order valence-corrected chi connectivity index (χ3v) is 0.915. The Morgan fingerprint density at radius 2 is 2.50 bits per heavy atom. The first-order valence-corrected chi connectivity index (χ1v) is 2.81. The van der Waals surface area contributed by atoms with Crippen molar-refractivity contribution in [2.24, 2.45) is 0 Å². The predicted molar refractivity (Wildman–Crippen MR) is 37.4 cm³/mol. The minimum absolute atomic E-state index is 0.173. The molecule has 0 saturated heterocycles. The van der Waals surface area contributed by atoms with Crippen LogP contribution in [0.1, 0.15) is 12.7 Å². The zero-order valence-electron chi connectivity index (χ0n) is 5.51. The van der Waals surface area contributed by atoms with Gasteiger partial charge in [-0.05, 0) is 12.8 Å². The molecule has 0 aliphatic rings. The fourth-order valence-electron chi connectivity index (χ4n) is 0.552. The van der Waals surface area contributed by atoms with Crippen LogP contribution in [0.2, 0.25) is 0 Å². The summed E-state index contributed by atoms with van der Waals surface area (Å²) in [6.07, 6.45) is 1.43. The Bertz CT molecular complexity index is 329. The molecular weight excluding hydrogens is 128 g/mol. The SMILES string of the molecule is CC#Cc1nccc(=O)[nH]1. The molecule has 0 radical (unpaired) electrons. The summed E-state index contributed by atoms with van der Waals surface area (Å²) in [6, 6.07) is 1.35. The topological polar surface area (TPSA) is 45.8 Å². The van der Waals surface area contributed by atoms with Gasteiger partial charge in [0.15, 0.2) is 5.82 Å². The molecule has 0 aliphatic carbocycles. The number of aromatic amines is 1. The minimum atomic E-state index is -0.173. The van der Waals surface area contributed by atoms with Crippen LogP contribution in [-0.4, -0.2) is 9.97 Å². The van der Waals surface area contributed by atoms with Gasteiger partial charge in [-0.1, -0.05) is 5.92 Å². The smallest absolute Gasteiger partial charge is 0.251 e. The van der Waals surface area contributed by atoms with Gasteiger partial charge in [-0.15, -0.1) is 0 Å². The van der Waals surface area contributed by atoms with E-state index in [1.165, 1.54) is 12.3 Å². The molecule has 10 heavy (non-hydrogen) atoms. The molecule has 0 amide bonds. The van der Waals surface area contributed by atoms with Crippen LogP contribution in [0.25, 0.3) is 0 Å². The molecule has 0 fully saturated rings. The Kier molecular flexibility index (Phi) is 1.86. The fraction of sp³-hybridized carbons (Fsp3) is 0.143. The summed E-state index contributed by atoms with van der Waals surface area (Å²) >= 11 is 0. The summed E-state index contributed by atoms with van der Waals surface area (Å²) in [6.45, 7) is 1.69. The van der Waals surface area contributed by atoms with Crippen LogP contribution in [0.15, 0.2) is 17.1 Å². The normalized spacial score (nSPS) is 8.10. The average Bonchev–Trinajstić information content (AvgIpc) is 1.88. The van der Waals surface area contributed by atoms with Crippen molar-refractivity contribution in [1.82, 2.24) is 9.97 Å². The molecule has 3 nitrogen and oxygen atoms in total. The van der Waals surface area contributed by atoms with Gasteiger partial charge in [0.1, 0.15) is 0 Å². The first-order chi connectivity index (χ1) is 4.83. The molecular formula is C7H6N2O. The molecule has 50 valence electrons. The molecule has 3 heteroatoms. The lowest BCUT2D eigenvalue weighted by Gasteiger charge is -1.84. The highest BCUT2D eigenvalue weighted by Gasteiger charge is 1.85. The summed E-state index contributed by atoms with van der Waals surface area (Å²) in [5.41, 5.74) is -0.173. The summed E-state index contributed by atoms with van der Waals surface area (Å²) in [4.78, 5) is 16.9. The van der Waals surface area contributed by atoms with Crippen molar-refractivity contribution in [1.29, 1.82) is 0 Å². The second-order valence-electron chi connectivity index (χ2n) is 1.66. The maximum atomic E-state index is 10.6. The fourth-order valence-corrected chi connectivity index (χ4v) is 0.552. The van der Waals surface area contributed by atoms with Crippen LogP contribution in [0, 0.1) is 11.8 Å². The molecule has 1 aromatic rings. The molecule has 0 unspecified atom stereocenters. The zero-order chi connectivity index (χ0) is 7.40. The van der Waals surface area contributed by atoms with E-state index in [0.717, 1.165) is 0 Å². The Morgan fingerprint density at radius 3 is 3.10 bits per heavy atom. The maximum Gasteiger partial charge on any atom is 0.251 e. The summed E-state index contributed by atoms with van der Waals surface area (Å²) in [7, 11) is 0. The van der Waals surface area contributed by atoms with E-state index < -0.39 is 0 Å². The minimum Gasteiger partial charge on any atom is -0.300 e. The highest BCUT2D eigenvalue weighted by atomic mass is 16.1. The predicted octanol–water partition coefficient (Wildman–Crippen LogP) is 0.141. The Balaban J connectivity index is 3.15. The second-order valence-corrected chi connectivity index (χ2v) is 1.66. The molecule has 0 bridgehead atoms. The summed E-state index contributed by atoms with van der Waals surface area (Å²) in [5.74, 6) is 5.67.